The number of esters is 1. The highest BCUT2D eigenvalue weighted by Crippen LogP contribution is 2.30. The average Bonchev–Trinajstić information content (AvgIpc) is 2.69. The molecule has 0 spiro atoms. The molecule has 0 aliphatic heterocycles. The summed E-state index contributed by atoms with van der Waals surface area (Å²) in [7, 11) is 0. The molecule has 3 rings (SSSR count). The van der Waals surface area contributed by atoms with Gasteiger partial charge in [-0.3, -0.25) is 4.79 Å². The van der Waals surface area contributed by atoms with E-state index in [9.17, 15) is 9.59 Å². The van der Waals surface area contributed by atoms with E-state index >= 15 is 0 Å². The van der Waals surface area contributed by atoms with Gasteiger partial charge in [0.1, 0.15) is 5.56 Å². The van der Waals surface area contributed by atoms with E-state index in [1.807, 2.05) is 72.2 Å². The molecule has 0 atom stereocenters. The fraction of sp³-hybridized carbons (Fsp3) is 0.182. The molecular weight excluding hydrogens is 326 g/mol. The van der Waals surface area contributed by atoms with E-state index < -0.39 is 5.97 Å². The standard InChI is InChI=1S/C22H21NO3/c1-3-23-15-18(22(25)26-4-2)21(24)19(16-11-7-5-8-12-16)20(23)17-13-9-6-10-14-17/h5-15H,3-4H2,1-2H3. The van der Waals surface area contributed by atoms with Gasteiger partial charge in [-0.05, 0) is 25.0 Å². The molecule has 0 aliphatic carbocycles. The van der Waals surface area contributed by atoms with Gasteiger partial charge in [0.25, 0.3) is 0 Å². The highest BCUT2D eigenvalue weighted by molar-refractivity contribution is 5.93. The lowest BCUT2D eigenvalue weighted by molar-refractivity contribution is 0.0524. The quantitative estimate of drug-likeness (QED) is 0.644. The third-order valence-corrected chi connectivity index (χ3v) is 4.23. The molecule has 0 aliphatic rings. The van der Waals surface area contributed by atoms with Crippen molar-refractivity contribution in [3.63, 3.8) is 0 Å². The third-order valence-electron chi connectivity index (χ3n) is 4.23. The Morgan fingerprint density at radius 3 is 2.04 bits per heavy atom. The summed E-state index contributed by atoms with van der Waals surface area (Å²) in [5.74, 6) is -0.587. The van der Waals surface area contributed by atoms with Gasteiger partial charge in [0.15, 0.2) is 0 Å². The molecule has 1 aromatic heterocycles. The zero-order valence-corrected chi connectivity index (χ0v) is 14.9. The highest BCUT2D eigenvalue weighted by atomic mass is 16.5. The van der Waals surface area contributed by atoms with Gasteiger partial charge >= 0.3 is 5.97 Å². The van der Waals surface area contributed by atoms with E-state index in [1.165, 1.54) is 0 Å². The van der Waals surface area contributed by atoms with Gasteiger partial charge in [0.05, 0.1) is 17.9 Å². The molecule has 1 heterocycles. The van der Waals surface area contributed by atoms with Crippen molar-refractivity contribution in [1.82, 2.24) is 4.57 Å². The van der Waals surface area contributed by atoms with Crippen molar-refractivity contribution in [1.29, 1.82) is 0 Å². The Labute approximate surface area is 152 Å². The lowest BCUT2D eigenvalue weighted by Gasteiger charge is -2.18. The third kappa shape index (κ3) is 3.31. The predicted molar refractivity (Wildman–Crippen MR) is 103 cm³/mol. The van der Waals surface area contributed by atoms with Gasteiger partial charge < -0.3 is 9.30 Å². The Kier molecular flexibility index (Phi) is 5.32. The number of benzene rings is 2. The summed E-state index contributed by atoms with van der Waals surface area (Å²) in [6.07, 6.45) is 1.61. The number of aromatic nitrogens is 1. The number of nitrogens with zero attached hydrogens (tertiary/aromatic N) is 1. The summed E-state index contributed by atoms with van der Waals surface area (Å²) >= 11 is 0. The smallest absolute Gasteiger partial charge is 0.343 e. The Morgan fingerprint density at radius 1 is 0.923 bits per heavy atom. The first-order valence-electron chi connectivity index (χ1n) is 8.72. The van der Waals surface area contributed by atoms with Gasteiger partial charge in [-0.2, -0.15) is 0 Å². The summed E-state index contributed by atoms with van der Waals surface area (Å²) in [6.45, 7) is 4.57. The lowest BCUT2D eigenvalue weighted by Crippen LogP contribution is -2.23. The molecule has 132 valence electrons. The van der Waals surface area contributed by atoms with Crippen LogP contribution in [-0.4, -0.2) is 17.1 Å². The SMILES string of the molecule is CCOC(=O)c1cn(CC)c(-c2ccccc2)c(-c2ccccc2)c1=O. The number of ether oxygens (including phenoxy) is 1. The topological polar surface area (TPSA) is 48.3 Å². The van der Waals surface area contributed by atoms with Crippen LogP contribution in [0.25, 0.3) is 22.4 Å². The summed E-state index contributed by atoms with van der Waals surface area (Å²) in [5.41, 5.74) is 2.79. The van der Waals surface area contributed by atoms with Crippen molar-refractivity contribution in [3.05, 3.63) is 82.6 Å². The van der Waals surface area contributed by atoms with Crippen molar-refractivity contribution in [2.24, 2.45) is 0 Å². The van der Waals surface area contributed by atoms with Gasteiger partial charge in [0.2, 0.25) is 5.43 Å². The summed E-state index contributed by atoms with van der Waals surface area (Å²) < 4.78 is 7.03. The molecule has 26 heavy (non-hydrogen) atoms. The molecule has 3 aromatic rings. The van der Waals surface area contributed by atoms with Crippen LogP contribution in [0.2, 0.25) is 0 Å². The Morgan fingerprint density at radius 2 is 1.50 bits per heavy atom. The predicted octanol–water partition coefficient (Wildman–Crippen LogP) is 4.38. The highest BCUT2D eigenvalue weighted by Gasteiger charge is 2.22. The van der Waals surface area contributed by atoms with E-state index in [4.69, 9.17) is 4.74 Å². The van der Waals surface area contributed by atoms with Gasteiger partial charge in [-0.1, -0.05) is 60.7 Å². The molecule has 0 saturated heterocycles. The lowest BCUT2D eigenvalue weighted by atomic mass is 9.96. The molecule has 0 fully saturated rings. The Hall–Kier alpha value is -3.14. The van der Waals surface area contributed by atoms with Gasteiger partial charge in [-0.25, -0.2) is 4.79 Å². The van der Waals surface area contributed by atoms with Crippen LogP contribution in [0.1, 0.15) is 24.2 Å². The molecule has 0 bridgehead atoms. The maximum absolute atomic E-state index is 13.2. The fourth-order valence-corrected chi connectivity index (χ4v) is 3.05. The van der Waals surface area contributed by atoms with Crippen LogP contribution >= 0.6 is 0 Å². The first-order chi connectivity index (χ1) is 12.7. The van der Waals surface area contributed by atoms with Crippen molar-refractivity contribution < 1.29 is 9.53 Å². The average molecular weight is 347 g/mol. The molecule has 0 N–H and O–H groups in total. The monoisotopic (exact) mass is 347 g/mol. The van der Waals surface area contributed by atoms with E-state index in [0.717, 1.165) is 16.8 Å². The molecule has 4 heteroatoms. The summed E-state index contributed by atoms with van der Waals surface area (Å²) in [4.78, 5) is 25.6. The first-order valence-corrected chi connectivity index (χ1v) is 8.72. The number of pyridine rings is 1. The van der Waals surface area contributed by atoms with Crippen LogP contribution in [0.5, 0.6) is 0 Å². The van der Waals surface area contributed by atoms with Crippen molar-refractivity contribution in [2.45, 2.75) is 20.4 Å². The molecule has 0 radical (unpaired) electrons. The molecule has 0 unspecified atom stereocenters. The number of hydrogen-bond acceptors (Lipinski definition) is 3. The maximum Gasteiger partial charge on any atom is 0.343 e. The number of rotatable bonds is 5. The maximum atomic E-state index is 13.2. The van der Waals surface area contributed by atoms with Crippen LogP contribution in [0.15, 0.2) is 71.7 Å². The number of carbonyl (C=O) groups excluding carboxylic acids is 1. The van der Waals surface area contributed by atoms with E-state index in [1.54, 1.807) is 13.1 Å². The second-order valence-corrected chi connectivity index (χ2v) is 5.83. The summed E-state index contributed by atoms with van der Waals surface area (Å²) in [6, 6.07) is 19.2. The molecule has 4 nitrogen and oxygen atoms in total. The second-order valence-electron chi connectivity index (χ2n) is 5.83. The van der Waals surface area contributed by atoms with E-state index in [2.05, 4.69) is 0 Å². The van der Waals surface area contributed by atoms with Crippen LogP contribution < -0.4 is 5.43 Å². The molecule has 0 amide bonds. The van der Waals surface area contributed by atoms with Crippen LogP contribution in [-0.2, 0) is 11.3 Å². The van der Waals surface area contributed by atoms with Gasteiger partial charge in [-0.15, -0.1) is 0 Å². The summed E-state index contributed by atoms with van der Waals surface area (Å²) in [5, 5.41) is 0. The van der Waals surface area contributed by atoms with Crippen molar-refractivity contribution >= 4 is 5.97 Å². The Balaban J connectivity index is 2.38. The van der Waals surface area contributed by atoms with Gasteiger partial charge in [0, 0.05) is 12.7 Å². The number of hydrogen-bond donors (Lipinski definition) is 0. The molecule has 2 aromatic carbocycles. The normalized spacial score (nSPS) is 10.5. The van der Waals surface area contributed by atoms with E-state index in [-0.39, 0.29) is 17.6 Å². The minimum absolute atomic E-state index is 0.0623. The minimum Gasteiger partial charge on any atom is -0.462 e. The largest absolute Gasteiger partial charge is 0.462 e. The molecular formula is C22H21NO3. The first kappa shape index (κ1) is 17.7. The number of aryl methyl sites for hydroxylation is 1. The minimum atomic E-state index is -0.587. The number of carbonyl (C=O) groups is 1. The van der Waals surface area contributed by atoms with Crippen LogP contribution in [0, 0.1) is 0 Å². The molecule has 0 saturated carbocycles. The zero-order chi connectivity index (χ0) is 18.5. The van der Waals surface area contributed by atoms with Crippen LogP contribution in [0.3, 0.4) is 0 Å². The Bertz CT molecular complexity index is 960. The van der Waals surface area contributed by atoms with Crippen molar-refractivity contribution in [2.75, 3.05) is 6.61 Å². The fourth-order valence-electron chi connectivity index (χ4n) is 3.05. The van der Waals surface area contributed by atoms with Crippen LogP contribution in [0.4, 0.5) is 0 Å². The van der Waals surface area contributed by atoms with E-state index in [0.29, 0.717) is 12.1 Å². The van der Waals surface area contributed by atoms with Crippen molar-refractivity contribution in [3.8, 4) is 22.4 Å². The second kappa shape index (κ2) is 7.83. The zero-order valence-electron chi connectivity index (χ0n) is 14.9.